The molecule has 1 N–H and O–H groups in total. The fourth-order valence-electron chi connectivity index (χ4n) is 2.70. The smallest absolute Gasteiger partial charge is 0.317 e. The van der Waals surface area contributed by atoms with Gasteiger partial charge >= 0.3 is 6.03 Å². The lowest BCUT2D eigenvalue weighted by Gasteiger charge is -2.37. The number of nitrogens with one attached hydrogen (secondary N) is 1. The van der Waals surface area contributed by atoms with Crippen molar-refractivity contribution in [3.05, 3.63) is 28.8 Å². The van der Waals surface area contributed by atoms with Crippen molar-refractivity contribution < 1.29 is 28.1 Å². The van der Waals surface area contributed by atoms with E-state index < -0.39 is 63.3 Å². The predicted octanol–water partition coefficient (Wildman–Crippen LogP) is 3.99. The second-order valence-electron chi connectivity index (χ2n) is 6.36. The molecule has 1 aliphatic heterocycles. The highest BCUT2D eigenvalue weighted by molar-refractivity contribution is 6.34. The van der Waals surface area contributed by atoms with Crippen molar-refractivity contribution in [2.75, 3.05) is 51.6 Å². The average molecular weight is 424 g/mol. The van der Waals surface area contributed by atoms with Gasteiger partial charge in [-0.25, -0.2) is 4.79 Å². The van der Waals surface area contributed by atoms with E-state index in [-0.39, 0.29) is 31.1 Å². The fraction of sp³-hybridized carbons (Fsp3) is 0.682. The van der Waals surface area contributed by atoms with Crippen molar-refractivity contribution >= 4 is 23.3 Å². The van der Waals surface area contributed by atoms with Crippen molar-refractivity contribution in [3.63, 3.8) is 0 Å². The Labute approximate surface area is 198 Å². The number of hydrogen-bond donors (Lipinski definition) is 1. The van der Waals surface area contributed by atoms with E-state index in [0.29, 0.717) is 17.8 Å². The number of halogens is 1. The van der Waals surface area contributed by atoms with Crippen LogP contribution in [0.4, 0.5) is 10.5 Å². The summed E-state index contributed by atoms with van der Waals surface area (Å²) in [5.74, 6) is -4.26. The van der Waals surface area contributed by atoms with Crippen molar-refractivity contribution in [2.45, 2.75) is 44.8 Å². The molecule has 5 nitrogen and oxygen atoms in total. The van der Waals surface area contributed by atoms with Crippen molar-refractivity contribution in [1.29, 1.82) is 0 Å². The van der Waals surface area contributed by atoms with Gasteiger partial charge in [0.15, 0.2) is 0 Å². The maximum absolute atomic E-state index is 12.7. The van der Waals surface area contributed by atoms with E-state index in [1.807, 2.05) is 0 Å². The van der Waals surface area contributed by atoms with E-state index in [4.69, 9.17) is 34.9 Å². The van der Waals surface area contributed by atoms with Gasteiger partial charge in [-0.2, -0.15) is 0 Å². The van der Waals surface area contributed by atoms with Crippen LogP contribution in [0.15, 0.2) is 18.2 Å². The summed E-state index contributed by atoms with van der Waals surface area (Å²) >= 11 is 6.41. The number of hydrogen-bond acceptors (Lipinski definition) is 3. The second-order valence-corrected chi connectivity index (χ2v) is 6.74. The van der Waals surface area contributed by atoms with E-state index in [0.717, 1.165) is 10.5 Å². The number of benzene rings is 1. The maximum Gasteiger partial charge on any atom is 0.317 e. The maximum atomic E-state index is 12.7. The average Bonchev–Trinajstić information content (AvgIpc) is 2.91. The van der Waals surface area contributed by atoms with Crippen molar-refractivity contribution in [3.8, 4) is 0 Å². The molecule has 0 spiro atoms. The van der Waals surface area contributed by atoms with Gasteiger partial charge in [-0.05, 0) is 62.8 Å². The highest BCUT2D eigenvalue weighted by Gasteiger charge is 2.24. The third kappa shape index (κ3) is 5.54. The Morgan fingerprint density at radius 2 is 2.07 bits per heavy atom. The molecule has 3 rings (SSSR count). The van der Waals surface area contributed by atoms with Crippen LogP contribution in [0.1, 0.15) is 60.7 Å². The van der Waals surface area contributed by atoms with Gasteiger partial charge in [-0.3, -0.25) is 4.90 Å². The molecule has 0 bridgehead atoms. The lowest BCUT2D eigenvalue weighted by Crippen LogP contribution is -2.47. The van der Waals surface area contributed by atoms with Crippen LogP contribution in [0.2, 0.25) is 5.02 Å². The van der Waals surface area contributed by atoms with Gasteiger partial charge in [0.25, 0.3) is 0 Å². The molecular formula is C22H35ClN4O. The molecule has 2 fully saturated rings. The van der Waals surface area contributed by atoms with Gasteiger partial charge in [0.2, 0.25) is 0 Å². The molecule has 2 amide bonds. The van der Waals surface area contributed by atoms with Gasteiger partial charge in [0.1, 0.15) is 0 Å². The summed E-state index contributed by atoms with van der Waals surface area (Å²) in [7, 11) is 0.692. The van der Waals surface area contributed by atoms with E-state index in [9.17, 15) is 4.79 Å². The molecular weight excluding hydrogens is 372 g/mol. The zero-order valence-electron chi connectivity index (χ0n) is 32.7. The fourth-order valence-corrected chi connectivity index (χ4v) is 2.94. The van der Waals surface area contributed by atoms with Crippen LogP contribution in [0.5, 0.6) is 0 Å². The molecule has 6 heteroatoms. The van der Waals surface area contributed by atoms with Gasteiger partial charge in [-0.15, -0.1) is 0 Å². The Kier molecular flexibility index (Phi) is 2.93. The summed E-state index contributed by atoms with van der Waals surface area (Å²) in [5, 5.41) is 1.89. The Bertz CT molecular complexity index is 1280. The molecule has 0 aromatic heterocycles. The van der Waals surface area contributed by atoms with Crippen LogP contribution >= 0.6 is 11.6 Å². The number of anilines is 1. The van der Waals surface area contributed by atoms with E-state index in [2.05, 4.69) is 0 Å². The number of carbonyl (C=O) groups is 1. The minimum absolute atomic E-state index is 0.0232. The van der Waals surface area contributed by atoms with Crippen LogP contribution in [-0.2, 0) is 0 Å². The molecule has 0 radical (unpaired) electrons. The first-order valence-electron chi connectivity index (χ1n) is 17.2. The molecule has 1 aromatic carbocycles. The Morgan fingerprint density at radius 3 is 2.75 bits per heavy atom. The van der Waals surface area contributed by atoms with Crippen LogP contribution in [-0.4, -0.2) is 68.5 Å². The number of urea groups is 1. The van der Waals surface area contributed by atoms with Crippen molar-refractivity contribution in [2.24, 2.45) is 5.89 Å². The van der Waals surface area contributed by atoms with Crippen LogP contribution in [0.25, 0.3) is 0 Å². The summed E-state index contributed by atoms with van der Waals surface area (Å²) in [4.78, 5) is 15.4. The number of amides is 2. The largest absolute Gasteiger partial charge is 0.368 e. The first kappa shape index (κ1) is 8.35. The van der Waals surface area contributed by atoms with Gasteiger partial charge in [-0.1, -0.05) is 23.7 Å². The minimum Gasteiger partial charge on any atom is -0.368 e. The molecule has 156 valence electrons. The quantitative estimate of drug-likeness (QED) is 0.778. The molecule has 1 saturated heterocycles. The highest BCUT2D eigenvalue weighted by Crippen LogP contribution is 2.30. The molecule has 1 aliphatic carbocycles. The summed E-state index contributed by atoms with van der Waals surface area (Å²) in [6.45, 7) is -5.15. The monoisotopic (exact) mass is 423 g/mol. The van der Waals surface area contributed by atoms with E-state index in [1.54, 1.807) is 30.0 Å². The zero-order chi connectivity index (χ0) is 35.2. The second kappa shape index (κ2) is 9.84. The molecule has 1 heterocycles. The van der Waals surface area contributed by atoms with E-state index >= 15 is 0 Å². The molecule has 1 saturated carbocycles. The van der Waals surface area contributed by atoms with Crippen LogP contribution in [0.3, 0.4) is 0 Å². The Morgan fingerprint density at radius 1 is 1.36 bits per heavy atom. The molecule has 0 atom stereocenters. The van der Waals surface area contributed by atoms with E-state index in [1.165, 1.54) is 5.32 Å². The normalized spacial score (nSPS) is 46.4. The number of nitrogens with zero attached hydrogens (tertiary/aromatic N) is 3. The highest BCUT2D eigenvalue weighted by atomic mass is 35.5. The zero-order valence-corrected chi connectivity index (χ0v) is 16.4. The topological polar surface area (TPSA) is 38.8 Å². The number of carbonyl (C=O) groups excluding carboxylic acids is 1. The number of rotatable bonds is 5. The van der Waals surface area contributed by atoms with Gasteiger partial charge in [0.05, 0.1) is 12.1 Å². The minimum atomic E-state index is -4.26. The molecule has 1 aromatic rings. The van der Waals surface area contributed by atoms with Crippen LogP contribution < -0.4 is 10.2 Å². The molecule has 0 unspecified atom stereocenters. The molecule has 28 heavy (non-hydrogen) atoms. The lowest BCUT2D eigenvalue weighted by atomic mass is 9.84. The Hall–Kier alpha value is -1.46. The third-order valence-electron chi connectivity index (χ3n) is 4.29. The van der Waals surface area contributed by atoms with Crippen molar-refractivity contribution in [1.82, 2.24) is 15.1 Å². The summed E-state index contributed by atoms with van der Waals surface area (Å²) in [6.07, 6.45) is -20.8. The third-order valence-corrected chi connectivity index (χ3v) is 4.78. The SMILES string of the molecule is [2H]C([2H])([2H])N(C)C(=O)N[C@]1([2H])C([2H])([2H])C([2H])([2H])[C@@]([2H])(C([2H])([2H])C([2H])([2H])N2CCN(c3cccc(C)c3Cl)CC2)C([2H])([2H])C1([2H])[2H]. The van der Waals surface area contributed by atoms with Crippen LogP contribution in [0, 0.1) is 12.8 Å². The first-order chi connectivity index (χ1) is 19.9. The predicted molar refractivity (Wildman–Crippen MR) is 117 cm³/mol. The standard InChI is InChI=1S/C22H35ClN4O/c1-17-5-4-6-20(21(17)23)27-15-13-26(14-16-27)12-11-18-7-9-19(10-8-18)24-22(28)25(2)3/h4-6,18-19H,7-16H2,1-3H3,(H,24,28)/t18-,19-/i2D3,7D2,8D2,9D2,10D2,11D2,12D2,18D,19D. The Balaban J connectivity index is 2.09. The number of piperazine rings is 1. The number of aryl methyl sites for hydroxylation is 1. The summed E-state index contributed by atoms with van der Waals surface area (Å²) < 4.78 is 144. The van der Waals surface area contributed by atoms with Gasteiger partial charge in [0, 0.05) is 68.2 Å². The summed E-state index contributed by atoms with van der Waals surface area (Å²) in [6, 6.07) is -0.512. The summed E-state index contributed by atoms with van der Waals surface area (Å²) in [5.41, 5.74) is 1.40. The lowest BCUT2D eigenvalue weighted by molar-refractivity contribution is 0.194. The van der Waals surface area contributed by atoms with Gasteiger partial charge < -0.3 is 15.1 Å². The molecule has 2 aliphatic rings. The first-order valence-corrected chi connectivity index (χ1v) is 9.12.